The Bertz CT molecular complexity index is 748. The summed E-state index contributed by atoms with van der Waals surface area (Å²) in [5.74, 6) is 0.820. The van der Waals surface area contributed by atoms with Gasteiger partial charge in [-0.05, 0) is 30.2 Å². The number of hydrogen-bond donors (Lipinski definition) is 1. The van der Waals surface area contributed by atoms with E-state index < -0.39 is 0 Å². The zero-order valence-corrected chi connectivity index (χ0v) is 13.0. The van der Waals surface area contributed by atoms with Gasteiger partial charge in [-0.2, -0.15) is 5.10 Å². The van der Waals surface area contributed by atoms with Crippen molar-refractivity contribution in [2.75, 3.05) is 0 Å². The number of hydrogen-bond acceptors (Lipinski definition) is 3. The number of furan rings is 1. The molecule has 3 rings (SSSR count). The predicted molar refractivity (Wildman–Crippen MR) is 87.0 cm³/mol. The van der Waals surface area contributed by atoms with E-state index in [4.69, 9.17) is 4.42 Å². The van der Waals surface area contributed by atoms with Crippen molar-refractivity contribution < 1.29 is 9.21 Å². The van der Waals surface area contributed by atoms with Crippen LogP contribution in [0.3, 0.4) is 0 Å². The van der Waals surface area contributed by atoms with Crippen LogP contribution in [0, 0.1) is 0 Å². The topological polar surface area (TPSA) is 60.1 Å². The molecule has 0 spiro atoms. The van der Waals surface area contributed by atoms with Crippen LogP contribution in [0.15, 0.2) is 65.3 Å². The summed E-state index contributed by atoms with van der Waals surface area (Å²) in [4.78, 5) is 12.4. The lowest BCUT2D eigenvalue weighted by atomic mass is 10.0. The molecule has 1 aromatic carbocycles. The smallest absolute Gasteiger partial charge is 0.287 e. The molecule has 2 heterocycles. The average molecular weight is 309 g/mol. The standard InChI is InChI=1S/C18H19N3O2/c1-2-16(14-7-4-3-5-8-14)20-18(22)17-10-9-15(23-17)13-21-12-6-11-19-21/h3-12,16H,2,13H2,1H3,(H,20,22). The molecule has 1 unspecified atom stereocenters. The Labute approximate surface area is 134 Å². The van der Waals surface area contributed by atoms with Gasteiger partial charge in [0.2, 0.25) is 0 Å². The van der Waals surface area contributed by atoms with Crippen LogP contribution in [0.5, 0.6) is 0 Å². The molecule has 1 amide bonds. The third kappa shape index (κ3) is 3.69. The van der Waals surface area contributed by atoms with Crippen molar-refractivity contribution >= 4 is 5.91 Å². The summed E-state index contributed by atoms with van der Waals surface area (Å²) in [6.45, 7) is 2.55. The van der Waals surface area contributed by atoms with E-state index in [1.807, 2.05) is 49.5 Å². The normalized spacial score (nSPS) is 12.0. The molecule has 5 heteroatoms. The van der Waals surface area contributed by atoms with E-state index in [-0.39, 0.29) is 11.9 Å². The van der Waals surface area contributed by atoms with E-state index >= 15 is 0 Å². The molecule has 0 aliphatic rings. The molecular weight excluding hydrogens is 290 g/mol. The Morgan fingerprint density at radius 1 is 1.22 bits per heavy atom. The highest BCUT2D eigenvalue weighted by molar-refractivity contribution is 5.91. The van der Waals surface area contributed by atoms with E-state index in [1.54, 1.807) is 23.0 Å². The number of carbonyl (C=O) groups is 1. The maximum Gasteiger partial charge on any atom is 0.287 e. The quantitative estimate of drug-likeness (QED) is 0.759. The van der Waals surface area contributed by atoms with E-state index in [2.05, 4.69) is 10.4 Å². The molecule has 0 fully saturated rings. The lowest BCUT2D eigenvalue weighted by Crippen LogP contribution is -2.27. The van der Waals surface area contributed by atoms with Crippen LogP contribution in [0.1, 0.15) is 41.3 Å². The molecule has 118 valence electrons. The second kappa shape index (κ2) is 6.96. The van der Waals surface area contributed by atoms with Crippen molar-refractivity contribution in [3.05, 3.63) is 78.0 Å². The maximum atomic E-state index is 12.4. The largest absolute Gasteiger partial charge is 0.454 e. The van der Waals surface area contributed by atoms with Crippen molar-refractivity contribution in [3.63, 3.8) is 0 Å². The Balaban J connectivity index is 1.67. The van der Waals surface area contributed by atoms with Gasteiger partial charge in [-0.15, -0.1) is 0 Å². The van der Waals surface area contributed by atoms with Crippen molar-refractivity contribution in [1.29, 1.82) is 0 Å². The molecular formula is C18H19N3O2. The van der Waals surface area contributed by atoms with Gasteiger partial charge in [0.15, 0.2) is 5.76 Å². The van der Waals surface area contributed by atoms with Gasteiger partial charge in [0, 0.05) is 12.4 Å². The van der Waals surface area contributed by atoms with Crippen molar-refractivity contribution in [2.24, 2.45) is 0 Å². The van der Waals surface area contributed by atoms with Gasteiger partial charge < -0.3 is 9.73 Å². The number of amides is 1. The summed E-state index contributed by atoms with van der Waals surface area (Å²) < 4.78 is 7.38. The Morgan fingerprint density at radius 2 is 2.04 bits per heavy atom. The number of nitrogens with zero attached hydrogens (tertiary/aromatic N) is 2. The second-order valence-electron chi connectivity index (χ2n) is 5.31. The predicted octanol–water partition coefficient (Wildman–Crippen LogP) is 3.41. The van der Waals surface area contributed by atoms with Crippen LogP contribution in [0.2, 0.25) is 0 Å². The van der Waals surface area contributed by atoms with Crippen LogP contribution in [-0.4, -0.2) is 15.7 Å². The van der Waals surface area contributed by atoms with Gasteiger partial charge in [-0.1, -0.05) is 37.3 Å². The number of aromatic nitrogens is 2. The molecule has 5 nitrogen and oxygen atoms in total. The summed E-state index contributed by atoms with van der Waals surface area (Å²) in [6, 6.07) is 15.3. The van der Waals surface area contributed by atoms with E-state index in [0.717, 1.165) is 12.0 Å². The highest BCUT2D eigenvalue weighted by Gasteiger charge is 2.16. The molecule has 2 aromatic heterocycles. The fourth-order valence-electron chi connectivity index (χ4n) is 2.47. The monoisotopic (exact) mass is 309 g/mol. The van der Waals surface area contributed by atoms with Gasteiger partial charge in [0.05, 0.1) is 12.6 Å². The summed E-state index contributed by atoms with van der Waals surface area (Å²) in [6.07, 6.45) is 4.38. The summed E-state index contributed by atoms with van der Waals surface area (Å²) >= 11 is 0. The third-order valence-corrected chi connectivity index (χ3v) is 3.68. The van der Waals surface area contributed by atoms with E-state index in [9.17, 15) is 4.79 Å². The molecule has 1 atom stereocenters. The highest BCUT2D eigenvalue weighted by atomic mass is 16.4. The molecule has 0 saturated carbocycles. The second-order valence-corrected chi connectivity index (χ2v) is 5.31. The SMILES string of the molecule is CCC(NC(=O)c1ccc(Cn2cccn2)o1)c1ccccc1. The summed E-state index contributed by atoms with van der Waals surface area (Å²) in [7, 11) is 0. The molecule has 0 aliphatic carbocycles. The zero-order valence-electron chi connectivity index (χ0n) is 13.0. The summed E-state index contributed by atoms with van der Waals surface area (Å²) in [5, 5.41) is 7.14. The first-order valence-electron chi connectivity index (χ1n) is 7.68. The molecule has 0 saturated heterocycles. The number of nitrogens with one attached hydrogen (secondary N) is 1. The molecule has 23 heavy (non-hydrogen) atoms. The Morgan fingerprint density at radius 3 is 2.74 bits per heavy atom. The fourth-order valence-corrected chi connectivity index (χ4v) is 2.47. The first-order valence-corrected chi connectivity index (χ1v) is 7.68. The average Bonchev–Trinajstić information content (AvgIpc) is 3.25. The van der Waals surface area contributed by atoms with Crippen LogP contribution in [-0.2, 0) is 6.54 Å². The highest BCUT2D eigenvalue weighted by Crippen LogP contribution is 2.17. The molecule has 3 aromatic rings. The molecule has 0 bridgehead atoms. The first kappa shape index (κ1) is 15.1. The van der Waals surface area contributed by atoms with Crippen LogP contribution < -0.4 is 5.32 Å². The van der Waals surface area contributed by atoms with Gasteiger partial charge >= 0.3 is 0 Å². The molecule has 1 N–H and O–H groups in total. The molecule has 0 radical (unpaired) electrons. The van der Waals surface area contributed by atoms with Gasteiger partial charge in [-0.25, -0.2) is 0 Å². The minimum absolute atomic E-state index is 0.0247. The maximum absolute atomic E-state index is 12.4. The van der Waals surface area contributed by atoms with Crippen molar-refractivity contribution in [2.45, 2.75) is 25.9 Å². The van der Waals surface area contributed by atoms with Crippen molar-refractivity contribution in [3.8, 4) is 0 Å². The minimum atomic E-state index is -0.201. The van der Waals surface area contributed by atoms with Gasteiger partial charge in [0.1, 0.15) is 5.76 Å². The first-order chi connectivity index (χ1) is 11.3. The van der Waals surface area contributed by atoms with Gasteiger partial charge in [-0.3, -0.25) is 9.48 Å². The van der Waals surface area contributed by atoms with Crippen LogP contribution in [0.25, 0.3) is 0 Å². The van der Waals surface area contributed by atoms with Crippen LogP contribution in [0.4, 0.5) is 0 Å². The van der Waals surface area contributed by atoms with Crippen LogP contribution >= 0.6 is 0 Å². The Kier molecular flexibility index (Phi) is 4.57. The lowest BCUT2D eigenvalue weighted by molar-refractivity contribution is 0.0905. The summed E-state index contributed by atoms with van der Waals surface area (Å²) in [5.41, 5.74) is 1.09. The van der Waals surface area contributed by atoms with Crippen molar-refractivity contribution in [1.82, 2.24) is 15.1 Å². The zero-order chi connectivity index (χ0) is 16.1. The number of benzene rings is 1. The van der Waals surface area contributed by atoms with Gasteiger partial charge in [0.25, 0.3) is 5.91 Å². The van der Waals surface area contributed by atoms with E-state index in [0.29, 0.717) is 18.1 Å². The van der Waals surface area contributed by atoms with E-state index in [1.165, 1.54) is 0 Å². The Hall–Kier alpha value is -2.82. The minimum Gasteiger partial charge on any atom is -0.454 e. The number of rotatable bonds is 6. The fraction of sp³-hybridized carbons (Fsp3) is 0.222. The third-order valence-electron chi connectivity index (χ3n) is 3.68. The molecule has 0 aliphatic heterocycles. The number of carbonyl (C=O) groups excluding carboxylic acids is 1. The lowest BCUT2D eigenvalue weighted by Gasteiger charge is -2.16.